The predicted octanol–water partition coefficient (Wildman–Crippen LogP) is 2.51. The Morgan fingerprint density at radius 1 is 1.00 bits per heavy atom. The Balaban J connectivity index is 1.54. The lowest BCUT2D eigenvalue weighted by Crippen LogP contribution is -2.55. The Hall–Kier alpha value is -2.01. The molecule has 2 aliphatic heterocycles. The maximum absolute atomic E-state index is 4.45. The Morgan fingerprint density at radius 3 is 2.61 bits per heavy atom. The fourth-order valence-electron chi connectivity index (χ4n) is 4.15. The largest absolute Gasteiger partial charge is 0.339 e. The molecule has 5 heteroatoms. The van der Waals surface area contributed by atoms with Crippen molar-refractivity contribution >= 4 is 5.95 Å². The van der Waals surface area contributed by atoms with E-state index in [0.717, 1.165) is 25.6 Å². The number of rotatable bonds is 3. The summed E-state index contributed by atoms with van der Waals surface area (Å²) in [5.74, 6) is 0.875. The first-order valence-electron chi connectivity index (χ1n) is 8.52. The van der Waals surface area contributed by atoms with Gasteiger partial charge in [0, 0.05) is 50.0 Å². The van der Waals surface area contributed by atoms with Crippen LogP contribution in [0.4, 0.5) is 5.95 Å². The molecule has 0 aliphatic carbocycles. The van der Waals surface area contributed by atoms with E-state index in [1.807, 2.05) is 36.9 Å². The SMILES string of the molecule is c1cnc(N2CCC[C@@]3(CCCN3Cc3cccnc3)C2)nc1. The molecule has 2 saturated heterocycles. The molecular formula is C18H23N5. The maximum atomic E-state index is 4.45. The van der Waals surface area contributed by atoms with E-state index in [-0.39, 0.29) is 5.54 Å². The Kier molecular flexibility index (Phi) is 3.95. The third kappa shape index (κ3) is 2.93. The average Bonchev–Trinajstić information content (AvgIpc) is 2.98. The fraction of sp³-hybridized carbons (Fsp3) is 0.500. The number of piperidine rings is 1. The number of hydrogen-bond donors (Lipinski definition) is 0. The third-order valence-electron chi connectivity index (χ3n) is 5.23. The Bertz CT molecular complexity index is 632. The van der Waals surface area contributed by atoms with Crippen LogP contribution in [0.5, 0.6) is 0 Å². The first kappa shape index (κ1) is 14.6. The van der Waals surface area contributed by atoms with Gasteiger partial charge in [-0.25, -0.2) is 9.97 Å². The molecule has 0 N–H and O–H groups in total. The van der Waals surface area contributed by atoms with E-state index in [1.54, 1.807) is 0 Å². The zero-order valence-electron chi connectivity index (χ0n) is 13.4. The molecule has 2 fully saturated rings. The lowest BCUT2D eigenvalue weighted by Gasteiger charge is -2.46. The summed E-state index contributed by atoms with van der Waals surface area (Å²) >= 11 is 0. The molecule has 0 amide bonds. The molecule has 0 saturated carbocycles. The minimum absolute atomic E-state index is 0.271. The minimum Gasteiger partial charge on any atom is -0.339 e. The molecule has 5 nitrogen and oxygen atoms in total. The van der Waals surface area contributed by atoms with Gasteiger partial charge in [-0.05, 0) is 49.9 Å². The quantitative estimate of drug-likeness (QED) is 0.872. The van der Waals surface area contributed by atoms with Crippen LogP contribution in [0.2, 0.25) is 0 Å². The molecule has 2 aliphatic rings. The summed E-state index contributed by atoms with van der Waals surface area (Å²) in [7, 11) is 0. The number of aromatic nitrogens is 3. The second-order valence-electron chi connectivity index (χ2n) is 6.68. The van der Waals surface area contributed by atoms with Crippen LogP contribution in [0.25, 0.3) is 0 Å². The summed E-state index contributed by atoms with van der Waals surface area (Å²) in [6.45, 7) is 4.28. The number of hydrogen-bond acceptors (Lipinski definition) is 5. The van der Waals surface area contributed by atoms with Gasteiger partial charge in [-0.1, -0.05) is 6.07 Å². The monoisotopic (exact) mass is 309 g/mol. The van der Waals surface area contributed by atoms with E-state index < -0.39 is 0 Å². The van der Waals surface area contributed by atoms with Crippen molar-refractivity contribution in [3.8, 4) is 0 Å². The number of nitrogens with zero attached hydrogens (tertiary/aromatic N) is 5. The predicted molar refractivity (Wildman–Crippen MR) is 90.1 cm³/mol. The van der Waals surface area contributed by atoms with Gasteiger partial charge < -0.3 is 4.90 Å². The molecule has 23 heavy (non-hydrogen) atoms. The lowest BCUT2D eigenvalue weighted by atomic mass is 9.86. The van der Waals surface area contributed by atoms with Gasteiger partial charge in [0.1, 0.15) is 0 Å². The van der Waals surface area contributed by atoms with E-state index in [0.29, 0.717) is 0 Å². The van der Waals surface area contributed by atoms with Crippen molar-refractivity contribution in [2.45, 2.75) is 37.8 Å². The van der Waals surface area contributed by atoms with Gasteiger partial charge in [0.2, 0.25) is 5.95 Å². The summed E-state index contributed by atoms with van der Waals surface area (Å²) in [5, 5.41) is 0. The summed E-state index contributed by atoms with van der Waals surface area (Å²) in [6, 6.07) is 6.09. The third-order valence-corrected chi connectivity index (χ3v) is 5.23. The fourth-order valence-corrected chi connectivity index (χ4v) is 4.15. The highest BCUT2D eigenvalue weighted by atomic mass is 15.3. The van der Waals surface area contributed by atoms with Gasteiger partial charge in [0.05, 0.1) is 0 Å². The Morgan fingerprint density at radius 2 is 1.83 bits per heavy atom. The number of pyridine rings is 1. The highest BCUT2D eigenvalue weighted by Crippen LogP contribution is 2.38. The molecule has 0 aromatic carbocycles. The number of likely N-dealkylation sites (tertiary alicyclic amines) is 1. The van der Waals surface area contributed by atoms with Crippen LogP contribution >= 0.6 is 0 Å². The second kappa shape index (κ2) is 6.24. The van der Waals surface area contributed by atoms with E-state index in [4.69, 9.17) is 0 Å². The standard InChI is InChI=1S/C18H23N5/c1-5-16(13-19-8-1)14-23-12-3-7-18(23)6-2-11-22(15-18)17-20-9-4-10-21-17/h1,4-5,8-10,13H,2-3,6-7,11-12,14-15H2/t18-/m1/s1. The summed E-state index contributed by atoms with van der Waals surface area (Å²) in [5.41, 5.74) is 1.58. The van der Waals surface area contributed by atoms with Crippen LogP contribution in [0.1, 0.15) is 31.2 Å². The van der Waals surface area contributed by atoms with Crippen molar-refractivity contribution in [1.29, 1.82) is 0 Å². The maximum Gasteiger partial charge on any atom is 0.225 e. The highest BCUT2D eigenvalue weighted by molar-refractivity contribution is 5.31. The lowest BCUT2D eigenvalue weighted by molar-refractivity contribution is 0.108. The van der Waals surface area contributed by atoms with Gasteiger partial charge in [0.25, 0.3) is 0 Å². The topological polar surface area (TPSA) is 45.2 Å². The van der Waals surface area contributed by atoms with Crippen molar-refractivity contribution in [2.75, 3.05) is 24.5 Å². The van der Waals surface area contributed by atoms with Gasteiger partial charge in [0.15, 0.2) is 0 Å². The first-order valence-corrected chi connectivity index (χ1v) is 8.52. The van der Waals surface area contributed by atoms with Crippen molar-refractivity contribution in [1.82, 2.24) is 19.9 Å². The molecule has 2 aromatic heterocycles. The van der Waals surface area contributed by atoms with Gasteiger partial charge in [-0.15, -0.1) is 0 Å². The van der Waals surface area contributed by atoms with Gasteiger partial charge in [-0.3, -0.25) is 9.88 Å². The van der Waals surface area contributed by atoms with Crippen molar-refractivity contribution < 1.29 is 0 Å². The van der Waals surface area contributed by atoms with E-state index in [2.05, 4.69) is 30.8 Å². The van der Waals surface area contributed by atoms with Crippen molar-refractivity contribution in [2.24, 2.45) is 0 Å². The average molecular weight is 309 g/mol. The van der Waals surface area contributed by atoms with Gasteiger partial charge in [-0.2, -0.15) is 0 Å². The molecule has 0 bridgehead atoms. The normalized spacial score (nSPS) is 25.1. The second-order valence-corrected chi connectivity index (χ2v) is 6.68. The van der Waals surface area contributed by atoms with Crippen molar-refractivity contribution in [3.05, 3.63) is 48.5 Å². The van der Waals surface area contributed by atoms with E-state index in [1.165, 1.54) is 37.8 Å². The molecule has 4 heterocycles. The van der Waals surface area contributed by atoms with Crippen LogP contribution in [-0.4, -0.2) is 45.0 Å². The van der Waals surface area contributed by atoms with Gasteiger partial charge >= 0.3 is 0 Å². The van der Waals surface area contributed by atoms with Crippen LogP contribution in [0.15, 0.2) is 43.0 Å². The molecule has 2 aromatic rings. The van der Waals surface area contributed by atoms with Crippen molar-refractivity contribution in [3.63, 3.8) is 0 Å². The zero-order valence-corrected chi connectivity index (χ0v) is 13.4. The van der Waals surface area contributed by atoms with Crippen LogP contribution in [0, 0.1) is 0 Å². The highest BCUT2D eigenvalue weighted by Gasteiger charge is 2.44. The molecule has 1 atom stereocenters. The molecule has 1 spiro atoms. The molecule has 0 unspecified atom stereocenters. The Labute approximate surface area is 137 Å². The smallest absolute Gasteiger partial charge is 0.225 e. The van der Waals surface area contributed by atoms with Crippen LogP contribution in [0.3, 0.4) is 0 Å². The summed E-state index contributed by atoms with van der Waals surface area (Å²) in [4.78, 5) is 18.2. The summed E-state index contributed by atoms with van der Waals surface area (Å²) < 4.78 is 0. The number of anilines is 1. The van der Waals surface area contributed by atoms with E-state index >= 15 is 0 Å². The van der Waals surface area contributed by atoms with Crippen LogP contribution < -0.4 is 4.90 Å². The zero-order chi connectivity index (χ0) is 15.5. The van der Waals surface area contributed by atoms with E-state index in [9.17, 15) is 0 Å². The molecule has 4 rings (SSSR count). The molecular weight excluding hydrogens is 286 g/mol. The molecule has 0 radical (unpaired) electrons. The summed E-state index contributed by atoms with van der Waals surface area (Å²) in [6.07, 6.45) is 12.6. The molecule has 120 valence electrons. The van der Waals surface area contributed by atoms with Crippen LogP contribution in [-0.2, 0) is 6.54 Å². The minimum atomic E-state index is 0.271. The first-order chi connectivity index (χ1) is 11.4.